The number of nitrogens with one attached hydrogen (secondary N) is 2. The third-order valence-corrected chi connectivity index (χ3v) is 9.41. The number of morpholine rings is 1. The topological polar surface area (TPSA) is 107 Å². The van der Waals surface area contributed by atoms with Crippen LogP contribution in [0.2, 0.25) is 0 Å². The minimum Gasteiger partial charge on any atom is -0.379 e. The SMILES string of the molecule is Cc1cc(Nc2cc(SCc3ccc(S(=O)(=O)N4CCOCC4)cc3)nc(N3CCN(C)CC3)c2)n[nH]1. The number of nitrogens with zero attached hydrogens (tertiary/aromatic N) is 5. The molecule has 4 heterocycles. The Balaban J connectivity index is 1.30. The number of aromatic nitrogens is 3. The van der Waals surface area contributed by atoms with Crippen LogP contribution >= 0.6 is 11.8 Å². The Morgan fingerprint density at radius 1 is 1.03 bits per heavy atom. The zero-order valence-corrected chi connectivity index (χ0v) is 22.8. The van der Waals surface area contributed by atoms with Crippen LogP contribution in [0.1, 0.15) is 11.3 Å². The first-order chi connectivity index (χ1) is 17.9. The molecule has 10 nitrogen and oxygen atoms in total. The number of hydrogen-bond donors (Lipinski definition) is 2. The van der Waals surface area contributed by atoms with Crippen molar-refractivity contribution in [3.05, 3.63) is 53.7 Å². The molecule has 0 bridgehead atoms. The number of H-pyrrole nitrogens is 1. The third kappa shape index (κ3) is 6.44. The summed E-state index contributed by atoms with van der Waals surface area (Å²) in [6, 6.07) is 13.2. The molecule has 5 rings (SSSR count). The van der Waals surface area contributed by atoms with E-state index in [2.05, 4.69) is 38.4 Å². The van der Waals surface area contributed by atoms with Crippen molar-refractivity contribution in [3.8, 4) is 0 Å². The fraction of sp³-hybridized carbons (Fsp3) is 0.440. The van der Waals surface area contributed by atoms with Gasteiger partial charge < -0.3 is 19.9 Å². The lowest BCUT2D eigenvalue weighted by Crippen LogP contribution is -2.44. The highest BCUT2D eigenvalue weighted by atomic mass is 32.2. The Morgan fingerprint density at radius 3 is 2.43 bits per heavy atom. The number of aryl methyl sites for hydroxylation is 1. The first-order valence-electron chi connectivity index (χ1n) is 12.4. The maximum Gasteiger partial charge on any atom is 0.243 e. The van der Waals surface area contributed by atoms with Crippen molar-refractivity contribution in [2.24, 2.45) is 0 Å². The van der Waals surface area contributed by atoms with E-state index in [1.807, 2.05) is 31.2 Å². The van der Waals surface area contributed by atoms with Crippen molar-refractivity contribution in [2.75, 3.05) is 69.7 Å². The highest BCUT2D eigenvalue weighted by Gasteiger charge is 2.26. The lowest BCUT2D eigenvalue weighted by Gasteiger charge is -2.33. The summed E-state index contributed by atoms with van der Waals surface area (Å²) in [6.07, 6.45) is 0. The molecule has 1 aromatic carbocycles. The Kier molecular flexibility index (Phi) is 8.01. The van der Waals surface area contributed by atoms with Crippen LogP contribution in [0.3, 0.4) is 0 Å². The van der Waals surface area contributed by atoms with E-state index in [4.69, 9.17) is 9.72 Å². The molecule has 0 atom stereocenters. The van der Waals surface area contributed by atoms with Gasteiger partial charge in [-0.1, -0.05) is 12.1 Å². The molecule has 2 saturated heterocycles. The van der Waals surface area contributed by atoms with Gasteiger partial charge in [-0.3, -0.25) is 5.10 Å². The molecule has 37 heavy (non-hydrogen) atoms. The molecule has 2 aliphatic rings. The summed E-state index contributed by atoms with van der Waals surface area (Å²) in [7, 11) is -1.35. The van der Waals surface area contributed by atoms with Crippen molar-refractivity contribution in [3.63, 3.8) is 0 Å². The molecule has 0 saturated carbocycles. The third-order valence-electron chi connectivity index (χ3n) is 6.51. The number of hydrogen-bond acceptors (Lipinski definition) is 9. The largest absolute Gasteiger partial charge is 0.379 e. The van der Waals surface area contributed by atoms with Crippen LogP contribution in [0.25, 0.3) is 0 Å². The van der Waals surface area contributed by atoms with Crippen molar-refractivity contribution in [1.82, 2.24) is 24.4 Å². The van der Waals surface area contributed by atoms with E-state index in [1.54, 1.807) is 23.9 Å². The predicted molar refractivity (Wildman–Crippen MR) is 146 cm³/mol. The van der Waals surface area contributed by atoms with Crippen molar-refractivity contribution in [2.45, 2.75) is 22.6 Å². The van der Waals surface area contributed by atoms with Gasteiger partial charge >= 0.3 is 0 Å². The number of piperazine rings is 1. The molecule has 2 fully saturated rings. The van der Waals surface area contributed by atoms with E-state index in [9.17, 15) is 8.42 Å². The highest BCUT2D eigenvalue weighted by molar-refractivity contribution is 7.98. The number of aromatic amines is 1. The molecule has 0 aliphatic carbocycles. The molecule has 2 aromatic heterocycles. The molecule has 0 spiro atoms. The fourth-order valence-corrected chi connectivity index (χ4v) is 6.60. The second kappa shape index (κ2) is 11.4. The van der Waals surface area contributed by atoms with Gasteiger partial charge in [0.05, 0.1) is 18.1 Å². The molecule has 0 radical (unpaired) electrons. The van der Waals surface area contributed by atoms with E-state index >= 15 is 0 Å². The van der Waals surface area contributed by atoms with Crippen LogP contribution in [0.15, 0.2) is 52.4 Å². The number of ether oxygens (including phenoxy) is 1. The second-order valence-electron chi connectivity index (χ2n) is 9.35. The van der Waals surface area contributed by atoms with Crippen LogP contribution in [0, 0.1) is 6.92 Å². The molecule has 2 aliphatic heterocycles. The van der Waals surface area contributed by atoms with E-state index < -0.39 is 10.0 Å². The minimum absolute atomic E-state index is 0.319. The van der Waals surface area contributed by atoms with Crippen LogP contribution in [0.5, 0.6) is 0 Å². The van der Waals surface area contributed by atoms with Gasteiger partial charge in [0.1, 0.15) is 10.8 Å². The molecular formula is C25H33N7O3S2. The molecule has 2 N–H and O–H groups in total. The summed E-state index contributed by atoms with van der Waals surface area (Å²) in [5, 5.41) is 11.6. The van der Waals surface area contributed by atoms with Gasteiger partial charge in [0.15, 0.2) is 5.82 Å². The zero-order chi connectivity index (χ0) is 25.8. The first-order valence-corrected chi connectivity index (χ1v) is 14.8. The quantitative estimate of drug-likeness (QED) is 0.415. The summed E-state index contributed by atoms with van der Waals surface area (Å²) >= 11 is 1.63. The Hall–Kier alpha value is -2.64. The summed E-state index contributed by atoms with van der Waals surface area (Å²) < 4.78 is 32.6. The van der Waals surface area contributed by atoms with E-state index in [1.165, 1.54) is 4.31 Å². The maximum absolute atomic E-state index is 12.9. The molecule has 0 unspecified atom stereocenters. The zero-order valence-electron chi connectivity index (χ0n) is 21.2. The molecule has 12 heteroatoms. The van der Waals surface area contributed by atoms with Crippen molar-refractivity contribution < 1.29 is 13.2 Å². The number of rotatable bonds is 8. The number of benzene rings is 1. The molecule has 0 amide bonds. The fourth-order valence-electron chi connectivity index (χ4n) is 4.32. The van der Waals surface area contributed by atoms with E-state index in [0.717, 1.165) is 59.8 Å². The van der Waals surface area contributed by atoms with Gasteiger partial charge in [0.2, 0.25) is 10.0 Å². The number of pyridine rings is 1. The number of anilines is 3. The van der Waals surface area contributed by atoms with Crippen molar-refractivity contribution in [1.29, 1.82) is 0 Å². The average Bonchev–Trinajstić information content (AvgIpc) is 3.32. The van der Waals surface area contributed by atoms with Gasteiger partial charge in [0, 0.05) is 68.5 Å². The normalized spacial score (nSPS) is 17.7. The number of sulfonamides is 1. The van der Waals surface area contributed by atoms with Crippen LogP contribution < -0.4 is 10.2 Å². The lowest BCUT2D eigenvalue weighted by molar-refractivity contribution is 0.0730. The predicted octanol–water partition coefficient (Wildman–Crippen LogP) is 2.92. The average molecular weight is 544 g/mol. The first kappa shape index (κ1) is 26.0. The maximum atomic E-state index is 12.9. The minimum atomic E-state index is -3.49. The van der Waals surface area contributed by atoms with Crippen LogP contribution in [0.4, 0.5) is 17.3 Å². The molecule has 3 aromatic rings. The van der Waals surface area contributed by atoms with Gasteiger partial charge in [-0.2, -0.15) is 9.40 Å². The number of thioether (sulfide) groups is 1. The molecular weight excluding hydrogens is 510 g/mol. The molecule has 198 valence electrons. The van der Waals surface area contributed by atoms with Gasteiger partial charge in [-0.25, -0.2) is 13.4 Å². The lowest BCUT2D eigenvalue weighted by atomic mass is 10.2. The summed E-state index contributed by atoms with van der Waals surface area (Å²) in [6.45, 7) is 7.48. The summed E-state index contributed by atoms with van der Waals surface area (Å²) in [5.74, 6) is 2.39. The standard InChI is InChI=1S/C25H33N7O3S2/c1-19-15-23(29-28-19)26-21-16-24(31-9-7-30(2)8-10-31)27-25(17-21)36-18-20-3-5-22(6-4-20)37(33,34)32-11-13-35-14-12-32/h3-6,15-17H,7-14,18H2,1-2H3,(H2,26,27,28,29). The van der Waals surface area contributed by atoms with Gasteiger partial charge in [0.25, 0.3) is 0 Å². The summed E-state index contributed by atoms with van der Waals surface area (Å²) in [5.41, 5.74) is 2.96. The van der Waals surface area contributed by atoms with E-state index in [-0.39, 0.29) is 0 Å². The van der Waals surface area contributed by atoms with Gasteiger partial charge in [-0.15, -0.1) is 11.8 Å². The highest BCUT2D eigenvalue weighted by Crippen LogP contribution is 2.30. The van der Waals surface area contributed by atoms with Crippen LogP contribution in [-0.2, 0) is 20.5 Å². The van der Waals surface area contributed by atoms with Crippen LogP contribution in [-0.4, -0.2) is 92.3 Å². The monoisotopic (exact) mass is 543 g/mol. The Bertz CT molecular complexity index is 1300. The Morgan fingerprint density at radius 2 is 1.76 bits per heavy atom. The van der Waals surface area contributed by atoms with Crippen molar-refractivity contribution >= 4 is 39.1 Å². The second-order valence-corrected chi connectivity index (χ2v) is 12.3. The van der Waals surface area contributed by atoms with E-state index in [0.29, 0.717) is 37.0 Å². The Labute approximate surface area is 222 Å². The summed E-state index contributed by atoms with van der Waals surface area (Å²) in [4.78, 5) is 9.91. The smallest absolute Gasteiger partial charge is 0.243 e. The number of likely N-dealkylation sites (N-methyl/N-ethyl adjacent to an activating group) is 1. The van der Waals surface area contributed by atoms with Gasteiger partial charge in [-0.05, 0) is 37.7 Å².